The van der Waals surface area contributed by atoms with Crippen molar-refractivity contribution in [1.82, 2.24) is 0 Å². The van der Waals surface area contributed by atoms with Crippen molar-refractivity contribution in [3.05, 3.63) is 0 Å². The van der Waals surface area contributed by atoms with Crippen LogP contribution < -0.4 is 0 Å². The van der Waals surface area contributed by atoms with E-state index in [0.29, 0.717) is 13.2 Å². The van der Waals surface area contributed by atoms with Gasteiger partial charge < -0.3 is 14.6 Å². The molecule has 1 heterocycles. The fourth-order valence-electron chi connectivity index (χ4n) is 1.33. The summed E-state index contributed by atoms with van der Waals surface area (Å²) in [6, 6.07) is 0. The van der Waals surface area contributed by atoms with Gasteiger partial charge in [-0.25, -0.2) is 0 Å². The minimum Gasteiger partial charge on any atom is -0.393 e. The second-order valence-corrected chi connectivity index (χ2v) is 3.43. The van der Waals surface area contributed by atoms with Gasteiger partial charge in [0.1, 0.15) is 0 Å². The summed E-state index contributed by atoms with van der Waals surface area (Å²) in [6.07, 6.45) is 2.13. The maximum Gasteiger partial charge on any atom is 0.165 e. The topological polar surface area (TPSA) is 38.7 Å². The molecular formula is C9H18O3. The van der Waals surface area contributed by atoms with Gasteiger partial charge in [0.15, 0.2) is 5.79 Å². The molecule has 0 amide bonds. The van der Waals surface area contributed by atoms with Crippen molar-refractivity contribution in [1.29, 1.82) is 0 Å². The monoisotopic (exact) mass is 174 g/mol. The third-order valence-corrected chi connectivity index (χ3v) is 2.30. The molecule has 1 fully saturated rings. The molecule has 1 unspecified atom stereocenters. The molecule has 1 rings (SSSR count). The molecule has 0 radical (unpaired) electrons. The summed E-state index contributed by atoms with van der Waals surface area (Å²) in [4.78, 5) is 0. The van der Waals surface area contributed by atoms with Gasteiger partial charge in [-0.15, -0.1) is 0 Å². The van der Waals surface area contributed by atoms with Crippen LogP contribution in [0.3, 0.4) is 0 Å². The lowest BCUT2D eigenvalue weighted by Gasteiger charge is -2.23. The average molecular weight is 174 g/mol. The summed E-state index contributed by atoms with van der Waals surface area (Å²) >= 11 is 0. The molecule has 1 saturated heterocycles. The van der Waals surface area contributed by atoms with Gasteiger partial charge in [-0.1, -0.05) is 6.92 Å². The summed E-state index contributed by atoms with van der Waals surface area (Å²) in [5, 5.41) is 9.32. The van der Waals surface area contributed by atoms with E-state index in [2.05, 4.69) is 0 Å². The minimum atomic E-state index is -0.434. The number of hydrogen-bond acceptors (Lipinski definition) is 3. The molecule has 0 aromatic rings. The SMILES string of the molecule is CCC(O)CCC1(C)OCCO1. The number of rotatable bonds is 4. The molecule has 0 aromatic heterocycles. The maximum absolute atomic E-state index is 9.32. The van der Waals surface area contributed by atoms with Gasteiger partial charge in [0, 0.05) is 6.42 Å². The van der Waals surface area contributed by atoms with E-state index in [1.807, 2.05) is 13.8 Å². The lowest BCUT2D eigenvalue weighted by Crippen LogP contribution is -2.27. The van der Waals surface area contributed by atoms with E-state index in [1.165, 1.54) is 0 Å². The van der Waals surface area contributed by atoms with Crippen LogP contribution in [0.1, 0.15) is 33.1 Å². The van der Waals surface area contributed by atoms with Crippen LogP contribution in [0.25, 0.3) is 0 Å². The molecule has 3 nitrogen and oxygen atoms in total. The molecule has 0 aliphatic carbocycles. The van der Waals surface area contributed by atoms with Crippen LogP contribution in [0.15, 0.2) is 0 Å². The highest BCUT2D eigenvalue weighted by molar-refractivity contribution is 4.69. The van der Waals surface area contributed by atoms with Gasteiger partial charge in [0.2, 0.25) is 0 Å². The van der Waals surface area contributed by atoms with Gasteiger partial charge in [0.05, 0.1) is 19.3 Å². The molecule has 1 aliphatic rings. The Labute approximate surface area is 73.7 Å². The van der Waals surface area contributed by atoms with Crippen LogP contribution in [0, 0.1) is 0 Å². The van der Waals surface area contributed by atoms with Crippen molar-refractivity contribution < 1.29 is 14.6 Å². The Kier molecular flexibility index (Phi) is 3.50. The smallest absolute Gasteiger partial charge is 0.165 e. The highest BCUT2D eigenvalue weighted by Crippen LogP contribution is 2.24. The predicted octanol–water partition coefficient (Wildman–Crippen LogP) is 1.30. The van der Waals surface area contributed by atoms with Crippen LogP contribution in [0.4, 0.5) is 0 Å². The molecule has 12 heavy (non-hydrogen) atoms. The van der Waals surface area contributed by atoms with Crippen molar-refractivity contribution in [3.63, 3.8) is 0 Å². The zero-order valence-corrected chi connectivity index (χ0v) is 7.88. The summed E-state index contributed by atoms with van der Waals surface area (Å²) in [5.74, 6) is -0.434. The molecule has 1 atom stereocenters. The Balaban J connectivity index is 2.21. The zero-order valence-electron chi connectivity index (χ0n) is 7.88. The van der Waals surface area contributed by atoms with E-state index in [-0.39, 0.29) is 6.10 Å². The molecule has 1 aliphatic heterocycles. The Hall–Kier alpha value is -0.120. The first-order valence-corrected chi connectivity index (χ1v) is 4.62. The largest absolute Gasteiger partial charge is 0.393 e. The lowest BCUT2D eigenvalue weighted by molar-refractivity contribution is -0.151. The fourth-order valence-corrected chi connectivity index (χ4v) is 1.33. The Bertz CT molecular complexity index is 130. The van der Waals surface area contributed by atoms with Gasteiger partial charge in [-0.2, -0.15) is 0 Å². The van der Waals surface area contributed by atoms with Crippen molar-refractivity contribution in [3.8, 4) is 0 Å². The van der Waals surface area contributed by atoms with Crippen LogP contribution in [-0.2, 0) is 9.47 Å². The molecule has 0 bridgehead atoms. The maximum atomic E-state index is 9.32. The summed E-state index contributed by atoms with van der Waals surface area (Å²) in [6.45, 7) is 5.27. The van der Waals surface area contributed by atoms with Gasteiger partial charge >= 0.3 is 0 Å². The molecule has 0 saturated carbocycles. The third kappa shape index (κ3) is 2.73. The summed E-state index contributed by atoms with van der Waals surface area (Å²) in [5.41, 5.74) is 0. The van der Waals surface area contributed by atoms with Crippen LogP contribution in [0.5, 0.6) is 0 Å². The first-order valence-electron chi connectivity index (χ1n) is 4.62. The minimum absolute atomic E-state index is 0.213. The standard InChI is InChI=1S/C9H18O3/c1-3-8(10)4-5-9(2)11-6-7-12-9/h8,10H,3-7H2,1-2H3. The molecule has 0 spiro atoms. The molecule has 0 aromatic carbocycles. The third-order valence-electron chi connectivity index (χ3n) is 2.30. The van der Waals surface area contributed by atoms with E-state index >= 15 is 0 Å². The highest BCUT2D eigenvalue weighted by Gasteiger charge is 2.30. The summed E-state index contributed by atoms with van der Waals surface area (Å²) in [7, 11) is 0. The van der Waals surface area contributed by atoms with E-state index in [4.69, 9.17) is 9.47 Å². The molecule has 1 N–H and O–H groups in total. The molecular weight excluding hydrogens is 156 g/mol. The van der Waals surface area contributed by atoms with Crippen LogP contribution in [-0.4, -0.2) is 30.2 Å². The average Bonchev–Trinajstić information content (AvgIpc) is 2.49. The second-order valence-electron chi connectivity index (χ2n) is 3.43. The zero-order chi connectivity index (χ0) is 9.03. The van der Waals surface area contributed by atoms with E-state index in [1.54, 1.807) is 0 Å². The predicted molar refractivity (Wildman–Crippen MR) is 45.8 cm³/mol. The fraction of sp³-hybridized carbons (Fsp3) is 1.00. The van der Waals surface area contributed by atoms with Crippen molar-refractivity contribution >= 4 is 0 Å². The number of ether oxygens (including phenoxy) is 2. The Morgan fingerprint density at radius 1 is 1.42 bits per heavy atom. The van der Waals surface area contributed by atoms with E-state index in [9.17, 15) is 5.11 Å². The van der Waals surface area contributed by atoms with Gasteiger partial charge in [0.25, 0.3) is 0 Å². The van der Waals surface area contributed by atoms with Crippen LogP contribution in [0.2, 0.25) is 0 Å². The lowest BCUT2D eigenvalue weighted by atomic mass is 10.1. The highest BCUT2D eigenvalue weighted by atomic mass is 16.7. The van der Waals surface area contributed by atoms with Crippen LogP contribution >= 0.6 is 0 Å². The number of hydrogen-bond donors (Lipinski definition) is 1. The normalized spacial score (nSPS) is 24.2. The summed E-state index contributed by atoms with van der Waals surface area (Å²) < 4.78 is 10.8. The Morgan fingerprint density at radius 3 is 2.50 bits per heavy atom. The van der Waals surface area contributed by atoms with Crippen molar-refractivity contribution in [2.45, 2.75) is 45.0 Å². The van der Waals surface area contributed by atoms with Crippen molar-refractivity contribution in [2.75, 3.05) is 13.2 Å². The van der Waals surface area contributed by atoms with E-state index in [0.717, 1.165) is 19.3 Å². The second kappa shape index (κ2) is 4.21. The number of aliphatic hydroxyl groups is 1. The quantitative estimate of drug-likeness (QED) is 0.698. The van der Waals surface area contributed by atoms with Crippen molar-refractivity contribution in [2.24, 2.45) is 0 Å². The van der Waals surface area contributed by atoms with Gasteiger partial charge in [-0.05, 0) is 19.8 Å². The molecule has 3 heteroatoms. The first kappa shape index (κ1) is 9.96. The molecule has 72 valence electrons. The number of aliphatic hydroxyl groups excluding tert-OH is 1. The first-order chi connectivity index (χ1) is 5.66. The Morgan fingerprint density at radius 2 is 2.00 bits per heavy atom. The van der Waals surface area contributed by atoms with E-state index < -0.39 is 5.79 Å². The van der Waals surface area contributed by atoms with Gasteiger partial charge in [-0.3, -0.25) is 0 Å².